The summed E-state index contributed by atoms with van der Waals surface area (Å²) in [5.74, 6) is -0.189. The number of nitrogens with one attached hydrogen (secondary N) is 2. The molecule has 1 amide bonds. The van der Waals surface area contributed by atoms with Crippen LogP contribution in [0.3, 0.4) is 0 Å². The van der Waals surface area contributed by atoms with Crippen molar-refractivity contribution in [3.63, 3.8) is 0 Å². The molecule has 9 heteroatoms. The lowest BCUT2D eigenvalue weighted by Crippen LogP contribution is -2.20. The number of nitrogens with zero attached hydrogens (tertiary/aromatic N) is 1. The van der Waals surface area contributed by atoms with E-state index in [4.69, 9.17) is 4.42 Å². The fraction of sp³-hybridized carbons (Fsp3) is 0.0526. The molecule has 1 aromatic heterocycles. The first kappa shape index (κ1) is 19.8. The molecule has 0 fully saturated rings. The van der Waals surface area contributed by atoms with Crippen LogP contribution in [0.5, 0.6) is 0 Å². The molecule has 0 aliphatic rings. The Morgan fingerprint density at radius 2 is 1.82 bits per heavy atom. The first-order valence-corrected chi connectivity index (χ1v) is 10.4. The van der Waals surface area contributed by atoms with Gasteiger partial charge in [-0.15, -0.1) is 0 Å². The van der Waals surface area contributed by atoms with Gasteiger partial charge in [-0.3, -0.25) is 4.79 Å². The maximum atomic E-state index is 12.3. The molecule has 0 saturated carbocycles. The molecule has 0 aliphatic heterocycles. The second-order valence-electron chi connectivity index (χ2n) is 5.76. The predicted molar refractivity (Wildman–Crippen MR) is 110 cm³/mol. The minimum Gasteiger partial charge on any atom is -0.459 e. The SMILES string of the molecule is CC(=NNS(=O)(=O)c1ccc(Br)cc1)c1cccc(NC(=O)c2ccco2)c1. The van der Waals surface area contributed by atoms with Crippen LogP contribution in [-0.2, 0) is 10.0 Å². The minimum absolute atomic E-state index is 0.103. The lowest BCUT2D eigenvalue weighted by atomic mass is 10.1. The quantitative estimate of drug-likeness (QED) is 0.427. The van der Waals surface area contributed by atoms with Crippen molar-refractivity contribution in [2.45, 2.75) is 11.8 Å². The lowest BCUT2D eigenvalue weighted by Gasteiger charge is -2.08. The number of amides is 1. The summed E-state index contributed by atoms with van der Waals surface area (Å²) in [7, 11) is -3.78. The van der Waals surface area contributed by atoms with Crippen molar-refractivity contribution in [3.8, 4) is 0 Å². The maximum absolute atomic E-state index is 12.3. The van der Waals surface area contributed by atoms with Crippen LogP contribution in [0.2, 0.25) is 0 Å². The van der Waals surface area contributed by atoms with Crippen molar-refractivity contribution in [2.24, 2.45) is 5.10 Å². The molecule has 1 heterocycles. The van der Waals surface area contributed by atoms with Crippen LogP contribution in [-0.4, -0.2) is 20.0 Å². The second kappa shape index (κ2) is 8.41. The van der Waals surface area contributed by atoms with E-state index < -0.39 is 10.0 Å². The highest BCUT2D eigenvalue weighted by atomic mass is 79.9. The van der Waals surface area contributed by atoms with Gasteiger partial charge in [0, 0.05) is 10.2 Å². The maximum Gasteiger partial charge on any atom is 0.291 e. The van der Waals surface area contributed by atoms with Crippen molar-refractivity contribution in [1.29, 1.82) is 0 Å². The largest absolute Gasteiger partial charge is 0.459 e. The molecule has 3 aromatic rings. The summed E-state index contributed by atoms with van der Waals surface area (Å²) in [6.45, 7) is 1.66. The molecule has 2 N–H and O–H groups in total. The van der Waals surface area contributed by atoms with Gasteiger partial charge in [0.05, 0.1) is 16.9 Å². The zero-order valence-electron chi connectivity index (χ0n) is 14.7. The van der Waals surface area contributed by atoms with Gasteiger partial charge in [-0.2, -0.15) is 18.4 Å². The van der Waals surface area contributed by atoms with Gasteiger partial charge >= 0.3 is 0 Å². The molecular weight excluding hydrogens is 446 g/mol. The molecular formula is C19H16BrN3O4S. The Bertz CT molecular complexity index is 1110. The van der Waals surface area contributed by atoms with Crippen LogP contribution in [0.15, 0.2) is 85.8 Å². The van der Waals surface area contributed by atoms with Gasteiger partial charge in [-0.05, 0) is 61.0 Å². The summed E-state index contributed by atoms with van der Waals surface area (Å²) in [6, 6.07) is 16.3. The summed E-state index contributed by atoms with van der Waals surface area (Å²) in [6.07, 6.45) is 1.42. The normalized spacial score (nSPS) is 11.9. The standard InChI is InChI=1S/C19H16BrN3O4S/c1-13(22-23-28(25,26)17-9-7-15(20)8-10-17)14-4-2-5-16(12-14)21-19(24)18-6-3-11-27-18/h2-12,23H,1H3,(H,21,24). The number of furan rings is 1. The van der Waals surface area contributed by atoms with Crippen LogP contribution in [0, 0.1) is 0 Å². The number of sulfonamides is 1. The molecule has 0 bridgehead atoms. The minimum atomic E-state index is -3.78. The Morgan fingerprint density at radius 3 is 2.50 bits per heavy atom. The van der Waals surface area contributed by atoms with E-state index in [9.17, 15) is 13.2 Å². The predicted octanol–water partition coefficient (Wildman–Crippen LogP) is 4.00. The first-order valence-electron chi connectivity index (χ1n) is 8.12. The molecule has 2 aromatic carbocycles. The van der Waals surface area contributed by atoms with E-state index in [2.05, 4.69) is 31.2 Å². The number of hydrazone groups is 1. The zero-order chi connectivity index (χ0) is 20.1. The molecule has 28 heavy (non-hydrogen) atoms. The Kier molecular flexibility index (Phi) is 5.96. The number of carbonyl (C=O) groups excluding carboxylic acids is 1. The number of halogens is 1. The first-order chi connectivity index (χ1) is 13.3. The smallest absolute Gasteiger partial charge is 0.291 e. The van der Waals surface area contributed by atoms with E-state index in [-0.39, 0.29) is 16.6 Å². The summed E-state index contributed by atoms with van der Waals surface area (Å²) in [5, 5.41) is 6.68. The van der Waals surface area contributed by atoms with E-state index in [1.165, 1.54) is 18.4 Å². The van der Waals surface area contributed by atoms with Crippen molar-refractivity contribution >= 4 is 43.3 Å². The number of carbonyl (C=O) groups is 1. The molecule has 0 unspecified atom stereocenters. The second-order valence-corrected chi connectivity index (χ2v) is 8.33. The molecule has 0 radical (unpaired) electrons. The number of benzene rings is 2. The Morgan fingerprint density at radius 1 is 1.07 bits per heavy atom. The Hall–Kier alpha value is -2.91. The summed E-state index contributed by atoms with van der Waals surface area (Å²) < 4.78 is 30.5. The topological polar surface area (TPSA) is 101 Å². The van der Waals surface area contributed by atoms with Crippen LogP contribution < -0.4 is 10.1 Å². The average Bonchev–Trinajstić information content (AvgIpc) is 3.22. The third-order valence-electron chi connectivity index (χ3n) is 3.74. The number of rotatable bonds is 6. The van der Waals surface area contributed by atoms with Gasteiger partial charge in [0.25, 0.3) is 15.9 Å². The zero-order valence-corrected chi connectivity index (χ0v) is 17.1. The summed E-state index contributed by atoms with van der Waals surface area (Å²) in [4.78, 5) is 14.4. The molecule has 0 saturated heterocycles. The van der Waals surface area contributed by atoms with Gasteiger partial charge in [0.15, 0.2) is 5.76 Å². The van der Waals surface area contributed by atoms with E-state index in [0.717, 1.165) is 4.47 Å². The van der Waals surface area contributed by atoms with Gasteiger partial charge in [0.1, 0.15) is 0 Å². The summed E-state index contributed by atoms with van der Waals surface area (Å²) in [5.41, 5.74) is 1.62. The van der Waals surface area contributed by atoms with Crippen LogP contribution in [0.4, 0.5) is 5.69 Å². The van der Waals surface area contributed by atoms with E-state index >= 15 is 0 Å². The van der Waals surface area contributed by atoms with Gasteiger partial charge in [0.2, 0.25) is 0 Å². The van der Waals surface area contributed by atoms with E-state index in [0.29, 0.717) is 17.0 Å². The van der Waals surface area contributed by atoms with E-state index in [1.807, 2.05) is 0 Å². The van der Waals surface area contributed by atoms with Crippen LogP contribution in [0.25, 0.3) is 0 Å². The average molecular weight is 462 g/mol. The third-order valence-corrected chi connectivity index (χ3v) is 5.49. The molecule has 7 nitrogen and oxygen atoms in total. The van der Waals surface area contributed by atoms with E-state index in [1.54, 1.807) is 55.5 Å². The highest BCUT2D eigenvalue weighted by molar-refractivity contribution is 9.10. The van der Waals surface area contributed by atoms with Crippen molar-refractivity contribution < 1.29 is 17.6 Å². The van der Waals surface area contributed by atoms with Gasteiger partial charge in [-0.25, -0.2) is 0 Å². The molecule has 144 valence electrons. The summed E-state index contributed by atoms with van der Waals surface area (Å²) >= 11 is 3.26. The lowest BCUT2D eigenvalue weighted by molar-refractivity contribution is 0.0996. The van der Waals surface area contributed by atoms with Crippen LogP contribution in [0.1, 0.15) is 23.0 Å². The van der Waals surface area contributed by atoms with Gasteiger partial charge < -0.3 is 9.73 Å². The number of anilines is 1. The van der Waals surface area contributed by atoms with Gasteiger partial charge in [-0.1, -0.05) is 28.1 Å². The molecule has 0 atom stereocenters. The monoisotopic (exact) mass is 461 g/mol. The highest BCUT2D eigenvalue weighted by Crippen LogP contribution is 2.16. The number of hydrogen-bond donors (Lipinski definition) is 2. The molecule has 0 spiro atoms. The third kappa shape index (κ3) is 4.87. The Labute approximate surface area is 170 Å². The number of hydrogen-bond acceptors (Lipinski definition) is 5. The van der Waals surface area contributed by atoms with Crippen molar-refractivity contribution in [2.75, 3.05) is 5.32 Å². The fourth-order valence-corrected chi connectivity index (χ4v) is 3.40. The van der Waals surface area contributed by atoms with Crippen molar-refractivity contribution in [1.82, 2.24) is 4.83 Å². The van der Waals surface area contributed by atoms with Crippen LogP contribution >= 0.6 is 15.9 Å². The fourth-order valence-electron chi connectivity index (χ4n) is 2.28. The molecule has 3 rings (SSSR count). The van der Waals surface area contributed by atoms with Crippen molar-refractivity contribution in [3.05, 3.63) is 82.7 Å². The Balaban J connectivity index is 1.74. The molecule has 0 aliphatic carbocycles. The highest BCUT2D eigenvalue weighted by Gasteiger charge is 2.13.